The van der Waals surface area contributed by atoms with Crippen LogP contribution in [0.5, 0.6) is 0 Å². The molecular formula is C12H10ClFN2. The van der Waals surface area contributed by atoms with Gasteiger partial charge in [-0.15, -0.1) is 0 Å². The van der Waals surface area contributed by atoms with Crippen LogP contribution in [-0.4, -0.2) is 12.0 Å². The van der Waals surface area contributed by atoms with Gasteiger partial charge in [-0.25, -0.2) is 9.37 Å². The van der Waals surface area contributed by atoms with Gasteiger partial charge >= 0.3 is 0 Å². The molecule has 1 aromatic heterocycles. The molecule has 1 aromatic carbocycles. The minimum absolute atomic E-state index is 0.367. The Labute approximate surface area is 98.1 Å². The molecule has 4 heteroatoms. The van der Waals surface area contributed by atoms with Gasteiger partial charge in [-0.3, -0.25) is 0 Å². The molecule has 0 fully saturated rings. The largest absolute Gasteiger partial charge is 0.373 e. The van der Waals surface area contributed by atoms with E-state index >= 15 is 0 Å². The summed E-state index contributed by atoms with van der Waals surface area (Å²) in [5.74, 6) is 0.333. The maximum absolute atomic E-state index is 13.6. The van der Waals surface area contributed by atoms with E-state index in [9.17, 15) is 4.39 Å². The molecule has 0 saturated heterocycles. The molecule has 0 aliphatic heterocycles. The van der Waals surface area contributed by atoms with E-state index in [0.29, 0.717) is 22.1 Å². The molecule has 2 nitrogen and oxygen atoms in total. The predicted octanol–water partition coefficient (Wildman–Crippen LogP) is 3.58. The molecule has 16 heavy (non-hydrogen) atoms. The third-order valence-corrected chi connectivity index (χ3v) is 2.45. The van der Waals surface area contributed by atoms with E-state index in [1.807, 2.05) is 12.1 Å². The van der Waals surface area contributed by atoms with E-state index < -0.39 is 0 Å². The van der Waals surface area contributed by atoms with Crippen molar-refractivity contribution in [2.24, 2.45) is 0 Å². The topological polar surface area (TPSA) is 24.9 Å². The van der Waals surface area contributed by atoms with Gasteiger partial charge in [-0.2, -0.15) is 0 Å². The fourth-order valence-electron chi connectivity index (χ4n) is 1.42. The fraction of sp³-hybridized carbons (Fsp3) is 0.0833. The minimum Gasteiger partial charge on any atom is -0.373 e. The van der Waals surface area contributed by atoms with Gasteiger partial charge in [-0.05, 0) is 30.3 Å². The Morgan fingerprint density at radius 3 is 2.75 bits per heavy atom. The third-order valence-electron chi connectivity index (χ3n) is 2.21. The van der Waals surface area contributed by atoms with Gasteiger partial charge in [0.15, 0.2) is 0 Å². The van der Waals surface area contributed by atoms with Gasteiger partial charge in [0.05, 0.1) is 5.69 Å². The summed E-state index contributed by atoms with van der Waals surface area (Å²) in [5, 5.41) is 3.29. The van der Waals surface area contributed by atoms with Gasteiger partial charge in [0, 0.05) is 17.6 Å². The molecule has 0 unspecified atom stereocenters. The van der Waals surface area contributed by atoms with Crippen molar-refractivity contribution in [1.29, 1.82) is 0 Å². The van der Waals surface area contributed by atoms with Crippen LogP contribution >= 0.6 is 11.6 Å². The summed E-state index contributed by atoms with van der Waals surface area (Å²) in [4.78, 5) is 4.26. The van der Waals surface area contributed by atoms with Crippen LogP contribution in [0.3, 0.4) is 0 Å². The zero-order chi connectivity index (χ0) is 11.5. The molecular weight excluding hydrogens is 227 g/mol. The lowest BCUT2D eigenvalue weighted by molar-refractivity contribution is 0.631. The minimum atomic E-state index is -0.367. The fourth-order valence-corrected chi connectivity index (χ4v) is 1.58. The van der Waals surface area contributed by atoms with E-state index in [1.54, 1.807) is 25.2 Å². The second-order valence-corrected chi connectivity index (χ2v) is 3.72. The molecule has 0 atom stereocenters. The second-order valence-electron chi connectivity index (χ2n) is 3.28. The Balaban J connectivity index is 2.49. The van der Waals surface area contributed by atoms with E-state index in [0.717, 1.165) is 0 Å². The molecule has 2 rings (SSSR count). The number of halogens is 2. The van der Waals surface area contributed by atoms with Crippen molar-refractivity contribution in [3.63, 3.8) is 0 Å². The van der Waals surface area contributed by atoms with Gasteiger partial charge in [-0.1, -0.05) is 17.7 Å². The van der Waals surface area contributed by atoms with E-state index in [-0.39, 0.29) is 5.82 Å². The molecule has 0 bridgehead atoms. The number of hydrogen-bond acceptors (Lipinski definition) is 2. The molecule has 0 amide bonds. The van der Waals surface area contributed by atoms with E-state index in [1.165, 1.54) is 6.07 Å². The van der Waals surface area contributed by atoms with Crippen LogP contribution in [0, 0.1) is 5.82 Å². The molecule has 0 spiro atoms. The number of nitrogens with zero attached hydrogens (tertiary/aromatic N) is 1. The molecule has 1 heterocycles. The first-order chi connectivity index (χ1) is 7.70. The predicted molar refractivity (Wildman–Crippen MR) is 64.2 cm³/mol. The summed E-state index contributed by atoms with van der Waals surface area (Å²) in [7, 11) is 1.77. The lowest BCUT2D eigenvalue weighted by atomic mass is 10.1. The van der Waals surface area contributed by atoms with Crippen LogP contribution in [0.2, 0.25) is 5.02 Å². The van der Waals surface area contributed by atoms with Gasteiger partial charge in [0.25, 0.3) is 0 Å². The molecule has 82 valence electrons. The van der Waals surface area contributed by atoms with E-state index in [4.69, 9.17) is 11.6 Å². The summed E-state index contributed by atoms with van der Waals surface area (Å²) in [6.45, 7) is 0. The highest BCUT2D eigenvalue weighted by atomic mass is 35.5. The number of benzene rings is 1. The first-order valence-electron chi connectivity index (χ1n) is 4.81. The number of aromatic nitrogens is 1. The lowest BCUT2D eigenvalue weighted by Crippen LogP contribution is -1.94. The first kappa shape index (κ1) is 10.9. The summed E-state index contributed by atoms with van der Waals surface area (Å²) in [6, 6.07) is 9.95. The Bertz CT molecular complexity index is 514. The van der Waals surface area contributed by atoms with Crippen LogP contribution in [0.15, 0.2) is 36.4 Å². The standard InChI is InChI=1S/C12H10ClFN2/c1-15-12-4-2-3-11(16-12)9-6-5-8(13)7-10(9)14/h2-7H,1H3,(H,15,16). The van der Waals surface area contributed by atoms with Crippen LogP contribution in [0.25, 0.3) is 11.3 Å². The van der Waals surface area contributed by atoms with E-state index in [2.05, 4.69) is 10.3 Å². The van der Waals surface area contributed by atoms with Crippen molar-refractivity contribution in [1.82, 2.24) is 4.98 Å². The van der Waals surface area contributed by atoms with Crippen LogP contribution < -0.4 is 5.32 Å². The highest BCUT2D eigenvalue weighted by Gasteiger charge is 2.07. The van der Waals surface area contributed by atoms with Crippen molar-refractivity contribution < 1.29 is 4.39 Å². The Morgan fingerprint density at radius 1 is 1.25 bits per heavy atom. The SMILES string of the molecule is CNc1cccc(-c2ccc(Cl)cc2F)n1. The Hall–Kier alpha value is -1.61. The van der Waals surface area contributed by atoms with Crippen molar-refractivity contribution in [3.05, 3.63) is 47.2 Å². The summed E-state index contributed by atoms with van der Waals surface area (Å²) in [5.41, 5.74) is 1.03. The van der Waals surface area contributed by atoms with Crippen molar-refractivity contribution in [2.45, 2.75) is 0 Å². The Morgan fingerprint density at radius 2 is 2.06 bits per heavy atom. The summed E-state index contributed by atoms with van der Waals surface area (Å²) >= 11 is 5.69. The molecule has 0 aliphatic rings. The molecule has 1 N–H and O–H groups in total. The maximum atomic E-state index is 13.6. The van der Waals surface area contributed by atoms with Crippen molar-refractivity contribution in [3.8, 4) is 11.3 Å². The average molecular weight is 237 g/mol. The lowest BCUT2D eigenvalue weighted by Gasteiger charge is -2.05. The smallest absolute Gasteiger partial charge is 0.134 e. The summed E-state index contributed by atoms with van der Waals surface area (Å²) in [6.07, 6.45) is 0. The van der Waals surface area contributed by atoms with Crippen LogP contribution in [0.4, 0.5) is 10.2 Å². The average Bonchev–Trinajstić information content (AvgIpc) is 2.29. The second kappa shape index (κ2) is 4.49. The first-order valence-corrected chi connectivity index (χ1v) is 5.19. The van der Waals surface area contributed by atoms with Gasteiger partial charge in [0.1, 0.15) is 11.6 Å². The zero-order valence-electron chi connectivity index (χ0n) is 8.67. The highest BCUT2D eigenvalue weighted by Crippen LogP contribution is 2.24. The number of pyridine rings is 1. The number of rotatable bonds is 2. The Kier molecular flexibility index (Phi) is 3.06. The molecule has 0 radical (unpaired) electrons. The number of hydrogen-bond donors (Lipinski definition) is 1. The molecule has 0 aliphatic carbocycles. The van der Waals surface area contributed by atoms with Crippen LogP contribution in [-0.2, 0) is 0 Å². The van der Waals surface area contributed by atoms with Gasteiger partial charge < -0.3 is 5.32 Å². The molecule has 2 aromatic rings. The highest BCUT2D eigenvalue weighted by molar-refractivity contribution is 6.30. The molecule has 0 saturated carbocycles. The summed E-state index contributed by atoms with van der Waals surface area (Å²) < 4.78 is 13.6. The number of nitrogens with one attached hydrogen (secondary N) is 1. The van der Waals surface area contributed by atoms with Gasteiger partial charge in [0.2, 0.25) is 0 Å². The van der Waals surface area contributed by atoms with Crippen molar-refractivity contribution >= 4 is 17.4 Å². The monoisotopic (exact) mass is 236 g/mol. The third kappa shape index (κ3) is 2.14. The van der Waals surface area contributed by atoms with Crippen molar-refractivity contribution in [2.75, 3.05) is 12.4 Å². The zero-order valence-corrected chi connectivity index (χ0v) is 9.42. The quantitative estimate of drug-likeness (QED) is 0.862. The van der Waals surface area contributed by atoms with Crippen LogP contribution in [0.1, 0.15) is 0 Å². The normalized spacial score (nSPS) is 10.2. The maximum Gasteiger partial charge on any atom is 0.134 e. The number of anilines is 1.